The van der Waals surface area contributed by atoms with Gasteiger partial charge in [-0.3, -0.25) is 0 Å². The maximum absolute atomic E-state index is 6.10. The van der Waals surface area contributed by atoms with Gasteiger partial charge in [-0.1, -0.05) is 72.4 Å². The second-order valence-corrected chi connectivity index (χ2v) is 6.90. The van der Waals surface area contributed by atoms with Crippen molar-refractivity contribution < 1.29 is 4.84 Å². The summed E-state index contributed by atoms with van der Waals surface area (Å²) >= 11 is 11.4. The molecular weight excluding hydrogens is 350 g/mol. The molecule has 0 bridgehead atoms. The maximum Gasteiger partial charge on any atom is 0.148 e. The van der Waals surface area contributed by atoms with Gasteiger partial charge in [-0.15, -0.1) is 5.06 Å². The lowest BCUT2D eigenvalue weighted by atomic mass is 10.1. The van der Waals surface area contributed by atoms with Crippen LogP contribution in [0.15, 0.2) is 78.6 Å². The Morgan fingerprint density at radius 2 is 1.84 bits per heavy atom. The number of allylic oxidation sites excluding steroid dienone is 3. The summed E-state index contributed by atoms with van der Waals surface area (Å²) in [7, 11) is 0. The summed E-state index contributed by atoms with van der Waals surface area (Å²) < 4.78 is 0. The van der Waals surface area contributed by atoms with Crippen LogP contribution < -0.4 is 0 Å². The summed E-state index contributed by atoms with van der Waals surface area (Å²) in [6.07, 6.45) is 7.60. The zero-order valence-corrected chi connectivity index (χ0v) is 15.5. The monoisotopic (exact) mass is 369 g/mol. The number of thiocarbonyl (C=S) groups is 1. The van der Waals surface area contributed by atoms with Crippen LogP contribution in [-0.4, -0.2) is 16.5 Å². The Morgan fingerprint density at radius 3 is 2.60 bits per heavy atom. The highest BCUT2D eigenvalue weighted by Gasteiger charge is 2.11. The lowest BCUT2D eigenvalue weighted by Gasteiger charge is -2.24. The molecule has 0 spiro atoms. The van der Waals surface area contributed by atoms with Crippen molar-refractivity contribution in [3.63, 3.8) is 0 Å². The Morgan fingerprint density at radius 1 is 1.04 bits per heavy atom. The predicted molar refractivity (Wildman–Crippen MR) is 108 cm³/mol. The van der Waals surface area contributed by atoms with Crippen LogP contribution in [0.5, 0.6) is 0 Å². The smallest absolute Gasteiger partial charge is 0.148 e. The third kappa shape index (κ3) is 5.82. The van der Waals surface area contributed by atoms with Crippen LogP contribution in [0.4, 0.5) is 0 Å². The zero-order chi connectivity index (χ0) is 17.5. The lowest BCUT2D eigenvalue weighted by molar-refractivity contribution is -0.122. The normalized spacial score (nSPS) is 13.8. The molecule has 2 nitrogen and oxygen atoms in total. The van der Waals surface area contributed by atoms with Gasteiger partial charge in [0, 0.05) is 22.9 Å². The molecule has 0 unspecified atom stereocenters. The van der Waals surface area contributed by atoms with Gasteiger partial charge < -0.3 is 4.84 Å². The quantitative estimate of drug-likeness (QED) is 0.470. The third-order valence-corrected chi connectivity index (χ3v) is 4.40. The Bertz CT molecular complexity index is 785. The summed E-state index contributed by atoms with van der Waals surface area (Å²) in [5.41, 5.74) is 2.40. The molecule has 25 heavy (non-hydrogen) atoms. The van der Waals surface area contributed by atoms with E-state index in [0.717, 1.165) is 35.0 Å². The molecule has 0 atom stereocenters. The van der Waals surface area contributed by atoms with Crippen molar-refractivity contribution in [1.29, 1.82) is 0 Å². The van der Waals surface area contributed by atoms with Crippen molar-refractivity contribution in [2.75, 3.05) is 6.54 Å². The number of nitrogens with zero attached hydrogens (tertiary/aromatic N) is 1. The molecule has 0 saturated carbocycles. The second kappa shape index (κ2) is 8.95. The van der Waals surface area contributed by atoms with E-state index in [2.05, 4.69) is 18.2 Å². The Labute approximate surface area is 159 Å². The molecule has 1 aliphatic rings. The molecule has 3 rings (SSSR count). The fourth-order valence-corrected chi connectivity index (χ4v) is 3.08. The van der Waals surface area contributed by atoms with Crippen LogP contribution in [0.2, 0.25) is 5.02 Å². The van der Waals surface area contributed by atoms with Crippen molar-refractivity contribution in [2.45, 2.75) is 19.4 Å². The van der Waals surface area contributed by atoms with E-state index < -0.39 is 0 Å². The molecule has 0 fully saturated rings. The van der Waals surface area contributed by atoms with E-state index in [1.165, 1.54) is 11.1 Å². The maximum atomic E-state index is 6.10. The third-order valence-electron chi connectivity index (χ3n) is 3.88. The number of rotatable bonds is 7. The first-order chi connectivity index (χ1) is 12.2. The van der Waals surface area contributed by atoms with Gasteiger partial charge in [0.05, 0.1) is 6.54 Å². The molecule has 4 heteroatoms. The highest BCUT2D eigenvalue weighted by molar-refractivity contribution is 7.80. The van der Waals surface area contributed by atoms with E-state index in [4.69, 9.17) is 28.7 Å². The molecule has 0 saturated heterocycles. The molecule has 128 valence electrons. The fraction of sp³-hybridized carbons (Fsp3) is 0.190. The standard InChI is InChI=1S/C21H20ClNOS/c22-19-9-4-8-17(14-19)12-13-23(16-18-6-2-1-3-7-18)24-20-10-5-11-21(25)15-20/h1-10,14-15H,11-13,16H2. The number of hydrogen-bond donors (Lipinski definition) is 0. The van der Waals surface area contributed by atoms with E-state index >= 15 is 0 Å². The predicted octanol–water partition coefficient (Wildman–Crippen LogP) is 5.53. The average Bonchev–Trinajstić information content (AvgIpc) is 2.61. The van der Waals surface area contributed by atoms with E-state index in [9.17, 15) is 0 Å². The van der Waals surface area contributed by atoms with Gasteiger partial charge in [0.25, 0.3) is 0 Å². The van der Waals surface area contributed by atoms with E-state index in [-0.39, 0.29) is 0 Å². The van der Waals surface area contributed by atoms with Crippen molar-refractivity contribution in [2.24, 2.45) is 0 Å². The van der Waals surface area contributed by atoms with Crippen LogP contribution >= 0.6 is 23.8 Å². The number of benzene rings is 2. The van der Waals surface area contributed by atoms with Gasteiger partial charge >= 0.3 is 0 Å². The molecular formula is C21H20ClNOS. The number of hydroxylamine groups is 2. The minimum absolute atomic E-state index is 0.708. The van der Waals surface area contributed by atoms with Crippen LogP contribution in [0.1, 0.15) is 17.5 Å². The summed E-state index contributed by atoms with van der Waals surface area (Å²) in [5, 5.41) is 2.73. The second-order valence-electron chi connectivity index (χ2n) is 5.94. The lowest BCUT2D eigenvalue weighted by Crippen LogP contribution is -2.26. The van der Waals surface area contributed by atoms with E-state index in [1.807, 2.05) is 59.7 Å². The Kier molecular flexibility index (Phi) is 6.40. The van der Waals surface area contributed by atoms with Gasteiger partial charge in [-0.25, -0.2) is 0 Å². The SMILES string of the molecule is S=C1C=C(ON(CCc2cccc(Cl)c2)Cc2ccccc2)C=CC1. The van der Waals surface area contributed by atoms with Crippen molar-refractivity contribution >= 4 is 28.7 Å². The fourth-order valence-electron chi connectivity index (χ4n) is 2.65. The first kappa shape index (κ1) is 17.9. The zero-order valence-electron chi connectivity index (χ0n) is 13.9. The van der Waals surface area contributed by atoms with Crippen LogP contribution in [0.25, 0.3) is 0 Å². The molecule has 0 aromatic heterocycles. The van der Waals surface area contributed by atoms with E-state index in [0.29, 0.717) is 6.54 Å². The van der Waals surface area contributed by atoms with Crippen LogP contribution in [0.3, 0.4) is 0 Å². The summed E-state index contributed by atoms with van der Waals surface area (Å²) in [6.45, 7) is 1.46. The van der Waals surface area contributed by atoms with Gasteiger partial charge in [-0.05, 0) is 41.8 Å². The van der Waals surface area contributed by atoms with Crippen LogP contribution in [0, 0.1) is 0 Å². The first-order valence-corrected chi connectivity index (χ1v) is 9.10. The largest absolute Gasteiger partial charge is 0.406 e. The van der Waals surface area contributed by atoms with Gasteiger partial charge in [0.15, 0.2) is 0 Å². The Hall–Kier alpha value is -1.94. The molecule has 1 aliphatic carbocycles. The molecule has 0 N–H and O–H groups in total. The minimum atomic E-state index is 0.708. The topological polar surface area (TPSA) is 12.5 Å². The number of hydrogen-bond acceptors (Lipinski definition) is 3. The number of halogens is 1. The van der Waals surface area contributed by atoms with Gasteiger partial charge in [0.1, 0.15) is 5.76 Å². The molecule has 0 aliphatic heterocycles. The molecule has 0 amide bonds. The van der Waals surface area contributed by atoms with Gasteiger partial charge in [-0.2, -0.15) is 0 Å². The Balaban J connectivity index is 1.69. The highest BCUT2D eigenvalue weighted by atomic mass is 35.5. The van der Waals surface area contributed by atoms with Crippen molar-refractivity contribution in [1.82, 2.24) is 5.06 Å². The summed E-state index contributed by atoms with van der Waals surface area (Å²) in [6, 6.07) is 18.3. The van der Waals surface area contributed by atoms with Crippen molar-refractivity contribution in [3.8, 4) is 0 Å². The molecule has 2 aromatic rings. The van der Waals surface area contributed by atoms with Crippen LogP contribution in [-0.2, 0) is 17.8 Å². The molecule has 2 aromatic carbocycles. The highest BCUT2D eigenvalue weighted by Crippen LogP contribution is 2.16. The molecule has 0 radical (unpaired) electrons. The summed E-state index contributed by atoms with van der Waals surface area (Å²) in [5.74, 6) is 0.790. The minimum Gasteiger partial charge on any atom is -0.406 e. The van der Waals surface area contributed by atoms with E-state index in [1.54, 1.807) is 0 Å². The summed E-state index contributed by atoms with van der Waals surface area (Å²) in [4.78, 5) is 7.00. The molecule has 0 heterocycles. The average molecular weight is 370 g/mol. The first-order valence-electron chi connectivity index (χ1n) is 8.31. The van der Waals surface area contributed by atoms with Crippen molar-refractivity contribution in [3.05, 3.63) is 94.7 Å². The van der Waals surface area contributed by atoms with Gasteiger partial charge in [0.2, 0.25) is 0 Å².